The van der Waals surface area contributed by atoms with E-state index in [1.165, 1.54) is 0 Å². The van der Waals surface area contributed by atoms with Crippen molar-refractivity contribution < 1.29 is 19.4 Å². The summed E-state index contributed by atoms with van der Waals surface area (Å²) < 4.78 is 13.0. The van der Waals surface area contributed by atoms with Gasteiger partial charge in [0.1, 0.15) is 11.4 Å². The van der Waals surface area contributed by atoms with E-state index in [1.807, 2.05) is 33.0 Å². The molecule has 11 heteroatoms. The maximum absolute atomic E-state index is 11.2. The van der Waals surface area contributed by atoms with Gasteiger partial charge in [0.05, 0.1) is 42.8 Å². The first-order valence-corrected chi connectivity index (χ1v) is 10.9. The van der Waals surface area contributed by atoms with E-state index in [0.717, 1.165) is 12.1 Å². The Morgan fingerprint density at radius 3 is 2.79 bits per heavy atom. The maximum atomic E-state index is 11.2. The molecule has 4 rings (SSSR count). The first-order chi connectivity index (χ1) is 16.0. The summed E-state index contributed by atoms with van der Waals surface area (Å²) in [4.78, 5) is 24.4. The molecule has 0 aromatic carbocycles. The number of pyridine rings is 1. The molecule has 1 saturated carbocycles. The molecule has 0 aliphatic heterocycles. The van der Waals surface area contributed by atoms with E-state index in [4.69, 9.17) is 9.47 Å². The zero-order valence-corrected chi connectivity index (χ0v) is 18.9. The lowest BCUT2D eigenvalue weighted by atomic mass is 9.74. The van der Waals surface area contributed by atoms with E-state index >= 15 is 0 Å². The van der Waals surface area contributed by atoms with Crippen LogP contribution in [0.1, 0.15) is 31.2 Å². The molecule has 33 heavy (non-hydrogen) atoms. The average molecular weight is 454 g/mol. The van der Waals surface area contributed by atoms with E-state index in [2.05, 4.69) is 30.6 Å². The Balaban J connectivity index is 1.44. The van der Waals surface area contributed by atoms with Gasteiger partial charge in [-0.05, 0) is 38.8 Å². The molecule has 2 N–H and O–H groups in total. The minimum atomic E-state index is -0.751. The van der Waals surface area contributed by atoms with Crippen molar-refractivity contribution in [3.8, 4) is 23.0 Å². The fourth-order valence-electron chi connectivity index (χ4n) is 3.72. The Kier molecular flexibility index (Phi) is 6.66. The van der Waals surface area contributed by atoms with Crippen LogP contribution in [0.4, 0.5) is 5.95 Å². The zero-order chi connectivity index (χ0) is 23.4. The van der Waals surface area contributed by atoms with Crippen molar-refractivity contribution >= 4 is 11.9 Å². The molecule has 1 aliphatic rings. The van der Waals surface area contributed by atoms with Gasteiger partial charge in [0.15, 0.2) is 0 Å². The van der Waals surface area contributed by atoms with Gasteiger partial charge in [-0.25, -0.2) is 14.6 Å². The number of aryl methyl sites for hydroxylation is 2. The van der Waals surface area contributed by atoms with Gasteiger partial charge >= 0.3 is 5.97 Å². The van der Waals surface area contributed by atoms with Gasteiger partial charge in [-0.1, -0.05) is 5.21 Å². The van der Waals surface area contributed by atoms with Crippen molar-refractivity contribution in [1.82, 2.24) is 29.9 Å². The summed E-state index contributed by atoms with van der Waals surface area (Å²) in [6.07, 6.45) is 3.22. The number of aromatic nitrogens is 6. The molecule has 3 aromatic rings. The van der Waals surface area contributed by atoms with Crippen molar-refractivity contribution in [3.63, 3.8) is 0 Å². The lowest BCUT2D eigenvalue weighted by molar-refractivity contribution is -0.148. The Bertz CT molecular complexity index is 1130. The quantitative estimate of drug-likeness (QED) is 0.471. The molecule has 0 bridgehead atoms. The second kappa shape index (κ2) is 9.80. The van der Waals surface area contributed by atoms with Crippen molar-refractivity contribution in [3.05, 3.63) is 35.8 Å². The molecule has 0 amide bonds. The Hall–Kier alpha value is -3.76. The third kappa shape index (κ3) is 5.02. The standard InChI is InChI=1S/C22H27N7O4/c1-4-32-19-9-10-23-22(26-19)24-11-17-20(27-28-29(17)3)16-7-8-18(13(2)25-16)33-12-14-5-6-15(14)21(30)31/h7-10,14-15H,4-6,11-12H2,1-3H3,(H,30,31)(H,23,24,26)/t14-,15+/m0/s1. The fourth-order valence-corrected chi connectivity index (χ4v) is 3.72. The highest BCUT2D eigenvalue weighted by Gasteiger charge is 2.37. The predicted molar refractivity (Wildman–Crippen MR) is 119 cm³/mol. The number of carboxylic acid groups (broad SMARTS) is 1. The minimum absolute atomic E-state index is 0.0442. The lowest BCUT2D eigenvalue weighted by Gasteiger charge is -2.33. The van der Waals surface area contributed by atoms with Crippen LogP contribution in [-0.4, -0.2) is 54.2 Å². The maximum Gasteiger partial charge on any atom is 0.306 e. The van der Waals surface area contributed by atoms with Crippen molar-refractivity contribution in [2.24, 2.45) is 18.9 Å². The molecular formula is C22H27N7O4. The molecule has 1 fully saturated rings. The van der Waals surface area contributed by atoms with Gasteiger partial charge in [0.25, 0.3) is 0 Å². The third-order valence-electron chi connectivity index (χ3n) is 5.75. The fraction of sp³-hybridized carbons (Fsp3) is 0.455. The first kappa shape index (κ1) is 22.4. The number of carbonyl (C=O) groups is 1. The van der Waals surface area contributed by atoms with Crippen molar-refractivity contribution in [1.29, 1.82) is 0 Å². The van der Waals surface area contributed by atoms with Gasteiger partial charge in [-0.3, -0.25) is 4.79 Å². The van der Waals surface area contributed by atoms with Crippen LogP contribution in [0.2, 0.25) is 0 Å². The monoisotopic (exact) mass is 453 g/mol. The number of hydrogen-bond donors (Lipinski definition) is 2. The van der Waals surface area contributed by atoms with Crippen LogP contribution in [-0.2, 0) is 18.4 Å². The largest absolute Gasteiger partial charge is 0.491 e. The molecule has 3 heterocycles. The molecule has 0 spiro atoms. The summed E-state index contributed by atoms with van der Waals surface area (Å²) in [5.41, 5.74) is 2.84. The summed E-state index contributed by atoms with van der Waals surface area (Å²) in [5.74, 6) is 0.561. The molecule has 2 atom stereocenters. The summed E-state index contributed by atoms with van der Waals surface area (Å²) in [6, 6.07) is 5.37. The Labute approximate surface area is 191 Å². The number of nitrogens with one attached hydrogen (secondary N) is 1. The van der Waals surface area contributed by atoms with Gasteiger partial charge in [-0.2, -0.15) is 4.98 Å². The van der Waals surface area contributed by atoms with E-state index < -0.39 is 5.97 Å². The number of carboxylic acids is 1. The van der Waals surface area contributed by atoms with Crippen LogP contribution < -0.4 is 14.8 Å². The highest BCUT2D eigenvalue weighted by atomic mass is 16.5. The van der Waals surface area contributed by atoms with Crippen LogP contribution in [0.15, 0.2) is 24.4 Å². The van der Waals surface area contributed by atoms with Crippen LogP contribution in [0.25, 0.3) is 11.4 Å². The predicted octanol–water partition coefficient (Wildman–Crippen LogP) is 2.48. The summed E-state index contributed by atoms with van der Waals surface area (Å²) in [7, 11) is 1.81. The molecular weight excluding hydrogens is 426 g/mol. The molecule has 1 aliphatic carbocycles. The molecule has 0 saturated heterocycles. The summed E-state index contributed by atoms with van der Waals surface area (Å²) in [6.45, 7) is 5.05. The average Bonchev–Trinajstić information content (AvgIpc) is 3.13. The topological polar surface area (TPSA) is 137 Å². The zero-order valence-electron chi connectivity index (χ0n) is 18.9. The van der Waals surface area contributed by atoms with Crippen LogP contribution >= 0.6 is 0 Å². The van der Waals surface area contributed by atoms with Crippen LogP contribution in [0, 0.1) is 18.8 Å². The van der Waals surface area contributed by atoms with Gasteiger partial charge < -0.3 is 19.9 Å². The van der Waals surface area contributed by atoms with Crippen molar-refractivity contribution in [2.75, 3.05) is 18.5 Å². The van der Waals surface area contributed by atoms with E-state index in [1.54, 1.807) is 16.9 Å². The molecule has 0 unspecified atom stereocenters. The van der Waals surface area contributed by atoms with E-state index in [9.17, 15) is 9.90 Å². The van der Waals surface area contributed by atoms with Gasteiger partial charge in [0, 0.05) is 25.2 Å². The molecule has 0 radical (unpaired) electrons. The summed E-state index contributed by atoms with van der Waals surface area (Å²) >= 11 is 0. The second-order valence-electron chi connectivity index (χ2n) is 7.89. The molecule has 11 nitrogen and oxygen atoms in total. The lowest BCUT2D eigenvalue weighted by Crippen LogP contribution is -2.36. The number of anilines is 1. The van der Waals surface area contributed by atoms with Crippen molar-refractivity contribution in [2.45, 2.75) is 33.2 Å². The normalized spacial score (nSPS) is 17.3. The van der Waals surface area contributed by atoms with E-state index in [0.29, 0.717) is 60.8 Å². The Morgan fingerprint density at radius 2 is 2.09 bits per heavy atom. The number of ether oxygens (including phenoxy) is 2. The summed E-state index contributed by atoms with van der Waals surface area (Å²) in [5, 5.41) is 20.8. The van der Waals surface area contributed by atoms with Gasteiger partial charge in [-0.15, -0.1) is 5.10 Å². The number of rotatable bonds is 10. The minimum Gasteiger partial charge on any atom is -0.491 e. The molecule has 174 valence electrons. The van der Waals surface area contributed by atoms with Crippen LogP contribution in [0.5, 0.6) is 11.6 Å². The number of aliphatic carboxylic acids is 1. The second-order valence-corrected chi connectivity index (χ2v) is 7.89. The molecule has 3 aromatic heterocycles. The Morgan fingerprint density at radius 1 is 1.24 bits per heavy atom. The number of hydrogen-bond acceptors (Lipinski definition) is 9. The number of nitrogens with zero attached hydrogens (tertiary/aromatic N) is 6. The van der Waals surface area contributed by atoms with E-state index in [-0.39, 0.29) is 11.8 Å². The van der Waals surface area contributed by atoms with Crippen LogP contribution in [0.3, 0.4) is 0 Å². The SMILES string of the molecule is CCOc1ccnc(NCc2c(-c3ccc(OC[C@@H]4CC[C@H]4C(=O)O)c(C)n3)nnn2C)n1. The first-order valence-electron chi connectivity index (χ1n) is 10.9. The highest BCUT2D eigenvalue weighted by molar-refractivity contribution is 5.71. The highest BCUT2D eigenvalue weighted by Crippen LogP contribution is 2.35. The smallest absolute Gasteiger partial charge is 0.306 e. The third-order valence-corrected chi connectivity index (χ3v) is 5.75. The van der Waals surface area contributed by atoms with Gasteiger partial charge in [0.2, 0.25) is 11.8 Å².